The summed E-state index contributed by atoms with van der Waals surface area (Å²) in [5.41, 5.74) is 0. The van der Waals surface area contributed by atoms with Gasteiger partial charge in [-0.05, 0) is 0 Å². The molecule has 0 bridgehead atoms. The van der Waals surface area contributed by atoms with E-state index < -0.39 is 36.7 Å². The number of hydrogen-bond donors (Lipinski definition) is 3. The minimum absolute atomic E-state index is 0.0599. The zero-order valence-corrected chi connectivity index (χ0v) is 7.99. The van der Waals surface area contributed by atoms with E-state index in [-0.39, 0.29) is 6.29 Å². The molecule has 0 aliphatic heterocycles. The molecule has 0 saturated heterocycles. The van der Waals surface area contributed by atoms with Crippen LogP contribution in [0.2, 0.25) is 0 Å². The average Bonchev–Trinajstić information content (AvgIpc) is 2.23. The lowest BCUT2D eigenvalue weighted by molar-refractivity contribution is -0.167. The van der Waals surface area contributed by atoms with E-state index in [2.05, 4.69) is 4.74 Å². The van der Waals surface area contributed by atoms with Crippen LogP contribution in [0.3, 0.4) is 0 Å². The number of Topliss-reactive ketones (excluding diaryl/α,β-unsaturated/α-hetero) is 1. The summed E-state index contributed by atoms with van der Waals surface area (Å²) in [5.74, 6) is -2.23. The van der Waals surface area contributed by atoms with Crippen molar-refractivity contribution in [2.24, 2.45) is 0 Å². The van der Waals surface area contributed by atoms with E-state index in [1.165, 1.54) is 0 Å². The maximum Gasteiger partial charge on any atom is 0.375 e. The number of esters is 1. The molecular weight excluding hydrogens is 208 g/mol. The van der Waals surface area contributed by atoms with Gasteiger partial charge in [-0.1, -0.05) is 0 Å². The van der Waals surface area contributed by atoms with E-state index in [1.54, 1.807) is 0 Å². The van der Waals surface area contributed by atoms with Crippen molar-refractivity contribution in [3.63, 3.8) is 0 Å². The fourth-order valence-electron chi connectivity index (χ4n) is 0.712. The number of ether oxygens (including phenoxy) is 1. The van der Waals surface area contributed by atoms with Gasteiger partial charge in [0.25, 0.3) is 0 Å². The molecule has 0 aliphatic carbocycles. The van der Waals surface area contributed by atoms with E-state index in [9.17, 15) is 19.5 Å². The fraction of sp³-hybridized carbons (Fsp3) is 0.625. The van der Waals surface area contributed by atoms with Crippen LogP contribution in [0.4, 0.5) is 0 Å². The Morgan fingerprint density at radius 2 is 1.93 bits per heavy atom. The van der Waals surface area contributed by atoms with Crippen LogP contribution in [0.5, 0.6) is 0 Å². The molecule has 0 aromatic heterocycles. The van der Waals surface area contributed by atoms with Gasteiger partial charge < -0.3 is 20.1 Å². The second-order valence-electron chi connectivity index (χ2n) is 2.80. The zero-order valence-electron chi connectivity index (χ0n) is 7.99. The number of carbonyl (C=O) groups is 3. The summed E-state index contributed by atoms with van der Waals surface area (Å²) in [5, 5.41) is 26.6. The molecule has 0 saturated carbocycles. The highest BCUT2D eigenvalue weighted by Gasteiger charge is 2.29. The first-order valence-electron chi connectivity index (χ1n) is 4.07. The van der Waals surface area contributed by atoms with Gasteiger partial charge in [-0.2, -0.15) is 0 Å². The third kappa shape index (κ3) is 4.15. The molecule has 0 aromatic rings. The molecule has 0 fully saturated rings. The van der Waals surface area contributed by atoms with Crippen LogP contribution in [-0.2, 0) is 19.1 Å². The molecule has 15 heavy (non-hydrogen) atoms. The number of aliphatic hydroxyl groups is 3. The third-order valence-electron chi connectivity index (χ3n) is 1.58. The fourth-order valence-corrected chi connectivity index (χ4v) is 0.712. The van der Waals surface area contributed by atoms with Crippen molar-refractivity contribution in [1.29, 1.82) is 0 Å². The normalized spacial score (nSPS) is 16.3. The second kappa shape index (κ2) is 6.23. The van der Waals surface area contributed by atoms with Gasteiger partial charge in [0.2, 0.25) is 5.78 Å². The van der Waals surface area contributed by atoms with Crippen LogP contribution in [0.15, 0.2) is 0 Å². The summed E-state index contributed by atoms with van der Waals surface area (Å²) in [7, 11) is 0. The summed E-state index contributed by atoms with van der Waals surface area (Å²) >= 11 is 0. The van der Waals surface area contributed by atoms with Gasteiger partial charge in [0.15, 0.2) is 12.4 Å². The standard InChI is InChI=1S/C8H12O7/c1-4(11)8(14)15-6(3-10)7(13)5(12)2-9/h3,5-7,9,12-13H,2H2,1H3/t5-,6-,7-/m1/s1. The predicted molar refractivity (Wildman–Crippen MR) is 45.7 cm³/mol. The molecule has 3 atom stereocenters. The zero-order chi connectivity index (χ0) is 12.0. The molecular formula is C8H12O7. The van der Waals surface area contributed by atoms with E-state index in [4.69, 9.17) is 10.2 Å². The van der Waals surface area contributed by atoms with Crippen molar-refractivity contribution < 1.29 is 34.4 Å². The van der Waals surface area contributed by atoms with Crippen LogP contribution in [0.25, 0.3) is 0 Å². The van der Waals surface area contributed by atoms with Crippen molar-refractivity contribution in [1.82, 2.24) is 0 Å². The Balaban J connectivity index is 4.43. The first kappa shape index (κ1) is 13.7. The number of ketones is 1. The first-order chi connectivity index (χ1) is 6.93. The first-order valence-corrected chi connectivity index (χ1v) is 4.07. The van der Waals surface area contributed by atoms with Crippen molar-refractivity contribution in [2.45, 2.75) is 25.2 Å². The van der Waals surface area contributed by atoms with Gasteiger partial charge in [-0.25, -0.2) is 4.79 Å². The number of carbonyl (C=O) groups excluding carboxylic acids is 3. The summed E-state index contributed by atoms with van der Waals surface area (Å²) in [6.45, 7) is 0.127. The van der Waals surface area contributed by atoms with Gasteiger partial charge in [0.1, 0.15) is 12.2 Å². The average molecular weight is 220 g/mol. The summed E-state index contributed by atoms with van der Waals surface area (Å²) in [4.78, 5) is 31.6. The van der Waals surface area contributed by atoms with Gasteiger partial charge in [-0.15, -0.1) is 0 Å². The van der Waals surface area contributed by atoms with Crippen LogP contribution >= 0.6 is 0 Å². The molecule has 0 aromatic carbocycles. The van der Waals surface area contributed by atoms with E-state index in [0.29, 0.717) is 0 Å². The summed E-state index contributed by atoms with van der Waals surface area (Å²) < 4.78 is 4.27. The van der Waals surface area contributed by atoms with Crippen LogP contribution < -0.4 is 0 Å². The lowest BCUT2D eigenvalue weighted by atomic mass is 10.1. The molecule has 0 aliphatic rings. The second-order valence-corrected chi connectivity index (χ2v) is 2.80. The molecule has 7 nitrogen and oxygen atoms in total. The smallest absolute Gasteiger partial charge is 0.375 e. The number of hydrogen-bond acceptors (Lipinski definition) is 7. The Labute approximate surface area is 85.3 Å². The molecule has 0 rings (SSSR count). The predicted octanol–water partition coefficient (Wildman–Crippen LogP) is -2.60. The summed E-state index contributed by atoms with van der Waals surface area (Å²) in [6.07, 6.45) is -5.01. The highest BCUT2D eigenvalue weighted by molar-refractivity contribution is 6.32. The lowest BCUT2D eigenvalue weighted by Gasteiger charge is -2.20. The van der Waals surface area contributed by atoms with Gasteiger partial charge in [0, 0.05) is 6.92 Å². The van der Waals surface area contributed by atoms with E-state index in [1.807, 2.05) is 0 Å². The summed E-state index contributed by atoms with van der Waals surface area (Å²) in [6, 6.07) is 0. The van der Waals surface area contributed by atoms with Crippen LogP contribution in [-0.4, -0.2) is 58.3 Å². The lowest BCUT2D eigenvalue weighted by Crippen LogP contribution is -2.43. The van der Waals surface area contributed by atoms with Gasteiger partial charge in [-0.3, -0.25) is 9.59 Å². The van der Waals surface area contributed by atoms with Crippen molar-refractivity contribution >= 4 is 18.0 Å². The van der Waals surface area contributed by atoms with E-state index in [0.717, 1.165) is 6.92 Å². The van der Waals surface area contributed by atoms with Crippen LogP contribution in [0, 0.1) is 0 Å². The van der Waals surface area contributed by atoms with Crippen molar-refractivity contribution in [3.05, 3.63) is 0 Å². The Bertz CT molecular complexity index is 249. The van der Waals surface area contributed by atoms with Crippen molar-refractivity contribution in [3.8, 4) is 0 Å². The topological polar surface area (TPSA) is 121 Å². The molecule has 0 unspecified atom stereocenters. The Morgan fingerprint density at radius 1 is 1.40 bits per heavy atom. The minimum atomic E-state index is -1.77. The number of aliphatic hydroxyl groups excluding tert-OH is 3. The van der Waals surface area contributed by atoms with Crippen LogP contribution in [0.1, 0.15) is 6.92 Å². The third-order valence-corrected chi connectivity index (χ3v) is 1.58. The Morgan fingerprint density at radius 3 is 2.27 bits per heavy atom. The molecule has 86 valence electrons. The molecule has 0 amide bonds. The maximum atomic E-state index is 10.7. The number of rotatable bonds is 6. The molecule has 0 radical (unpaired) electrons. The van der Waals surface area contributed by atoms with Gasteiger partial charge in [0.05, 0.1) is 6.61 Å². The largest absolute Gasteiger partial charge is 0.446 e. The van der Waals surface area contributed by atoms with Gasteiger partial charge >= 0.3 is 5.97 Å². The molecule has 7 heteroatoms. The monoisotopic (exact) mass is 220 g/mol. The van der Waals surface area contributed by atoms with Crippen molar-refractivity contribution in [2.75, 3.05) is 6.61 Å². The highest BCUT2D eigenvalue weighted by atomic mass is 16.6. The molecule has 3 N–H and O–H groups in total. The highest BCUT2D eigenvalue weighted by Crippen LogP contribution is 2.03. The maximum absolute atomic E-state index is 10.7. The van der Waals surface area contributed by atoms with E-state index >= 15 is 0 Å². The molecule has 0 heterocycles. The minimum Gasteiger partial charge on any atom is -0.446 e. The molecule has 0 spiro atoms. The number of aldehydes is 1. The SMILES string of the molecule is CC(=O)C(=O)O[C@H](C=O)[C@H](O)[C@H](O)CO. The quantitative estimate of drug-likeness (QED) is 0.255. The Kier molecular flexibility index (Phi) is 5.68. The Hall–Kier alpha value is -1.31.